The summed E-state index contributed by atoms with van der Waals surface area (Å²) in [5.41, 5.74) is 1.82. The van der Waals surface area contributed by atoms with Crippen molar-refractivity contribution in [1.82, 2.24) is 5.32 Å². The molecule has 100 valence electrons. The van der Waals surface area contributed by atoms with Crippen LogP contribution < -0.4 is 5.32 Å². The molecule has 1 aromatic carbocycles. The lowest BCUT2D eigenvalue weighted by Crippen LogP contribution is -2.31. The van der Waals surface area contributed by atoms with Gasteiger partial charge in [-0.2, -0.15) is 0 Å². The largest absolute Gasteiger partial charge is 0.451 e. The van der Waals surface area contributed by atoms with Crippen molar-refractivity contribution in [1.29, 1.82) is 0 Å². The Morgan fingerprint density at radius 3 is 3.11 bits per heavy atom. The molecule has 1 aliphatic heterocycles. The highest BCUT2D eigenvalue weighted by Crippen LogP contribution is 2.22. The van der Waals surface area contributed by atoms with Gasteiger partial charge in [-0.05, 0) is 31.4 Å². The van der Waals surface area contributed by atoms with E-state index in [0.29, 0.717) is 12.3 Å². The number of benzene rings is 1. The van der Waals surface area contributed by atoms with Crippen molar-refractivity contribution in [2.75, 3.05) is 13.2 Å². The van der Waals surface area contributed by atoms with Gasteiger partial charge in [-0.15, -0.1) is 0 Å². The second-order valence-corrected chi connectivity index (χ2v) is 4.95. The molecule has 0 aliphatic carbocycles. The monoisotopic (exact) mass is 259 g/mol. The van der Waals surface area contributed by atoms with E-state index in [1.165, 1.54) is 0 Å². The molecule has 1 aromatic heterocycles. The Balaban J connectivity index is 1.72. The molecule has 1 fully saturated rings. The van der Waals surface area contributed by atoms with E-state index in [9.17, 15) is 4.79 Å². The molecule has 1 amide bonds. The highest BCUT2D eigenvalue weighted by molar-refractivity contribution is 5.96. The summed E-state index contributed by atoms with van der Waals surface area (Å²) in [7, 11) is 0. The zero-order chi connectivity index (χ0) is 13.2. The quantitative estimate of drug-likeness (QED) is 0.922. The van der Waals surface area contributed by atoms with Crippen molar-refractivity contribution >= 4 is 16.9 Å². The van der Waals surface area contributed by atoms with Crippen LogP contribution in [-0.2, 0) is 4.74 Å². The Kier molecular flexibility index (Phi) is 3.25. The third kappa shape index (κ3) is 2.49. The number of hydrogen-bond acceptors (Lipinski definition) is 3. The van der Waals surface area contributed by atoms with Crippen LogP contribution in [0.3, 0.4) is 0 Å². The molecule has 0 bridgehead atoms. The van der Waals surface area contributed by atoms with Crippen LogP contribution in [0.25, 0.3) is 11.0 Å². The highest BCUT2D eigenvalue weighted by atomic mass is 16.5. The fourth-order valence-corrected chi connectivity index (χ4v) is 2.42. The molecule has 0 radical (unpaired) electrons. The van der Waals surface area contributed by atoms with Gasteiger partial charge in [-0.1, -0.05) is 18.2 Å². The van der Waals surface area contributed by atoms with Gasteiger partial charge >= 0.3 is 0 Å². The number of para-hydroxylation sites is 1. The maximum absolute atomic E-state index is 12.0. The van der Waals surface area contributed by atoms with Crippen molar-refractivity contribution in [2.45, 2.75) is 25.9 Å². The minimum absolute atomic E-state index is 0.148. The van der Waals surface area contributed by atoms with Gasteiger partial charge in [0, 0.05) is 18.5 Å². The fraction of sp³-hybridized carbons (Fsp3) is 0.400. The van der Waals surface area contributed by atoms with Crippen molar-refractivity contribution in [3.05, 3.63) is 35.6 Å². The summed E-state index contributed by atoms with van der Waals surface area (Å²) in [6, 6.07) is 7.66. The number of nitrogens with one attached hydrogen (secondary N) is 1. The van der Waals surface area contributed by atoms with Crippen LogP contribution >= 0.6 is 0 Å². The zero-order valence-corrected chi connectivity index (χ0v) is 10.9. The molecule has 0 spiro atoms. The SMILES string of the molecule is Cc1cccc2cc(C(=O)NC[C@H]3CCCO3)oc12. The van der Waals surface area contributed by atoms with Gasteiger partial charge in [0.25, 0.3) is 5.91 Å². The smallest absolute Gasteiger partial charge is 0.287 e. The molecule has 1 N–H and O–H groups in total. The van der Waals surface area contributed by atoms with E-state index in [0.717, 1.165) is 36.0 Å². The third-order valence-electron chi connectivity index (χ3n) is 3.48. The predicted molar refractivity (Wildman–Crippen MR) is 72.3 cm³/mol. The van der Waals surface area contributed by atoms with Crippen molar-refractivity contribution in [2.24, 2.45) is 0 Å². The average Bonchev–Trinajstić information content (AvgIpc) is 3.05. The number of ether oxygens (including phenoxy) is 1. The number of rotatable bonds is 3. The summed E-state index contributed by atoms with van der Waals surface area (Å²) in [6.45, 7) is 3.32. The first-order chi connectivity index (χ1) is 9.24. The summed E-state index contributed by atoms with van der Waals surface area (Å²) in [5.74, 6) is 0.188. The van der Waals surface area contributed by atoms with Gasteiger partial charge in [-0.3, -0.25) is 4.79 Å². The molecular formula is C15H17NO3. The van der Waals surface area contributed by atoms with E-state index >= 15 is 0 Å². The number of carbonyl (C=O) groups is 1. The van der Waals surface area contributed by atoms with Gasteiger partial charge in [0.1, 0.15) is 5.58 Å². The number of amides is 1. The van der Waals surface area contributed by atoms with E-state index in [1.807, 2.05) is 25.1 Å². The van der Waals surface area contributed by atoms with Crippen LogP contribution in [0.5, 0.6) is 0 Å². The Morgan fingerprint density at radius 2 is 2.37 bits per heavy atom. The van der Waals surface area contributed by atoms with Crippen LogP contribution in [0.1, 0.15) is 29.0 Å². The maximum Gasteiger partial charge on any atom is 0.287 e. The van der Waals surface area contributed by atoms with E-state index in [2.05, 4.69) is 5.32 Å². The lowest BCUT2D eigenvalue weighted by Gasteiger charge is -2.09. The Morgan fingerprint density at radius 1 is 1.47 bits per heavy atom. The standard InChI is InChI=1S/C15H17NO3/c1-10-4-2-5-11-8-13(19-14(10)11)15(17)16-9-12-6-3-7-18-12/h2,4-5,8,12H,3,6-7,9H2,1H3,(H,16,17)/t12-/m1/s1. The number of furan rings is 1. The minimum atomic E-state index is -0.175. The molecule has 0 unspecified atom stereocenters. The molecule has 1 atom stereocenters. The van der Waals surface area contributed by atoms with Crippen LogP contribution in [0.15, 0.2) is 28.7 Å². The molecule has 4 nitrogen and oxygen atoms in total. The Hall–Kier alpha value is -1.81. The number of carbonyl (C=O) groups excluding carboxylic acids is 1. The summed E-state index contributed by atoms with van der Waals surface area (Å²) in [6.07, 6.45) is 2.24. The third-order valence-corrected chi connectivity index (χ3v) is 3.48. The number of hydrogen-bond donors (Lipinski definition) is 1. The van der Waals surface area contributed by atoms with Crippen molar-refractivity contribution < 1.29 is 13.9 Å². The second-order valence-electron chi connectivity index (χ2n) is 4.95. The van der Waals surface area contributed by atoms with E-state index in [4.69, 9.17) is 9.15 Å². The summed E-state index contributed by atoms with van der Waals surface area (Å²) in [4.78, 5) is 12.0. The van der Waals surface area contributed by atoms with Crippen molar-refractivity contribution in [3.8, 4) is 0 Å². The molecule has 1 aliphatic rings. The first kappa shape index (κ1) is 12.2. The first-order valence-electron chi connectivity index (χ1n) is 6.63. The average molecular weight is 259 g/mol. The normalized spacial score (nSPS) is 18.9. The lowest BCUT2D eigenvalue weighted by molar-refractivity contribution is 0.0837. The van der Waals surface area contributed by atoms with Crippen LogP contribution in [-0.4, -0.2) is 25.2 Å². The lowest BCUT2D eigenvalue weighted by atomic mass is 10.2. The fourth-order valence-electron chi connectivity index (χ4n) is 2.42. The molecule has 3 rings (SSSR count). The predicted octanol–water partition coefficient (Wildman–Crippen LogP) is 2.65. The van der Waals surface area contributed by atoms with E-state index in [1.54, 1.807) is 6.07 Å². The van der Waals surface area contributed by atoms with Gasteiger partial charge < -0.3 is 14.5 Å². The molecule has 1 saturated heterocycles. The first-order valence-corrected chi connectivity index (χ1v) is 6.63. The Labute approximate surface area is 111 Å². The molecule has 0 saturated carbocycles. The van der Waals surface area contributed by atoms with Crippen LogP contribution in [0.4, 0.5) is 0 Å². The maximum atomic E-state index is 12.0. The van der Waals surface area contributed by atoms with Gasteiger partial charge in [0.05, 0.1) is 6.10 Å². The summed E-state index contributed by atoms with van der Waals surface area (Å²) in [5, 5.41) is 3.82. The summed E-state index contributed by atoms with van der Waals surface area (Å²) < 4.78 is 11.1. The van der Waals surface area contributed by atoms with Gasteiger partial charge in [0.15, 0.2) is 5.76 Å². The minimum Gasteiger partial charge on any atom is -0.451 e. The number of aryl methyl sites for hydroxylation is 1. The molecule has 2 heterocycles. The van der Waals surface area contributed by atoms with Crippen molar-refractivity contribution in [3.63, 3.8) is 0 Å². The van der Waals surface area contributed by atoms with E-state index in [-0.39, 0.29) is 12.0 Å². The van der Waals surface area contributed by atoms with Crippen LogP contribution in [0, 0.1) is 6.92 Å². The molecular weight excluding hydrogens is 242 g/mol. The molecule has 4 heteroatoms. The summed E-state index contributed by atoms with van der Waals surface area (Å²) >= 11 is 0. The Bertz CT molecular complexity index is 596. The number of fused-ring (bicyclic) bond motifs is 1. The van der Waals surface area contributed by atoms with Gasteiger partial charge in [-0.25, -0.2) is 0 Å². The molecule has 19 heavy (non-hydrogen) atoms. The zero-order valence-electron chi connectivity index (χ0n) is 10.9. The van der Waals surface area contributed by atoms with Crippen LogP contribution in [0.2, 0.25) is 0 Å². The second kappa shape index (κ2) is 5.05. The highest BCUT2D eigenvalue weighted by Gasteiger charge is 2.18. The topological polar surface area (TPSA) is 51.5 Å². The van der Waals surface area contributed by atoms with E-state index < -0.39 is 0 Å². The molecule has 2 aromatic rings. The van der Waals surface area contributed by atoms with Gasteiger partial charge in [0.2, 0.25) is 0 Å².